The molecule has 0 aromatic heterocycles. The lowest BCUT2D eigenvalue weighted by Gasteiger charge is -2.60. The molecule has 1 saturated carbocycles. The summed E-state index contributed by atoms with van der Waals surface area (Å²) in [6.07, 6.45) is -24.9. The number of rotatable bonds is 32. The van der Waals surface area contributed by atoms with Crippen LogP contribution in [0.5, 0.6) is 0 Å². The number of aliphatic hydroxyl groups excluding tert-OH is 8. The van der Waals surface area contributed by atoms with Crippen LogP contribution in [0.25, 0.3) is 0 Å². The molecular weight excluding hydrogens is 1150 g/mol. The molecule has 0 aromatic carbocycles. The Bertz CT molecular complexity index is 2190. The van der Waals surface area contributed by atoms with Gasteiger partial charge in [0.25, 0.3) is 5.91 Å². The number of hydrogen-bond donors (Lipinski definition) is 14. The van der Waals surface area contributed by atoms with Crippen LogP contribution in [0.3, 0.4) is 0 Å². The molecule has 86 heavy (non-hydrogen) atoms. The number of carbonyl (C=O) groups is 5. The minimum Gasteiger partial charge on any atom is -0.479 e. The predicted molar refractivity (Wildman–Crippen MR) is 311 cm³/mol. The Morgan fingerprint density at radius 1 is 0.581 bits per heavy atom. The first-order valence-corrected chi connectivity index (χ1v) is 31.8. The highest BCUT2D eigenvalue weighted by Crippen LogP contribution is 2.55. The Hall–Kier alpha value is -2.94. The van der Waals surface area contributed by atoms with Gasteiger partial charge in [-0.2, -0.15) is 12.6 Å². The Morgan fingerprint density at radius 3 is 1.52 bits per heavy atom. The van der Waals surface area contributed by atoms with Crippen molar-refractivity contribution in [3.8, 4) is 0 Å². The molecule has 0 radical (unpaired) electrons. The number of aliphatic hydroxyl groups is 8. The van der Waals surface area contributed by atoms with Crippen LogP contribution in [-0.4, -0.2) is 228 Å². The summed E-state index contributed by atoms with van der Waals surface area (Å²) in [6, 6.07) is -2.63. The number of thiol groups is 1. The molecule has 4 heterocycles. The lowest BCUT2D eigenvalue weighted by Crippen LogP contribution is -2.74. The molecule has 0 aromatic rings. The van der Waals surface area contributed by atoms with E-state index in [2.05, 4.69) is 34.1 Å². The quantitative estimate of drug-likeness (QED) is 0.0329. The van der Waals surface area contributed by atoms with Crippen molar-refractivity contribution >= 4 is 42.2 Å². The molecule has 24 unspecified atom stereocenters. The maximum absolute atomic E-state index is 14.8. The van der Waals surface area contributed by atoms with E-state index in [0.29, 0.717) is 57.3 Å². The van der Waals surface area contributed by atoms with E-state index in [9.17, 15) is 69.9 Å². The fourth-order valence-corrected chi connectivity index (χ4v) is 14.0. The number of carboxylic acid groups (broad SMARTS) is 1. The van der Waals surface area contributed by atoms with Gasteiger partial charge in [0.1, 0.15) is 73.2 Å². The van der Waals surface area contributed by atoms with Crippen LogP contribution in [-0.2, 0) is 61.9 Å². The van der Waals surface area contributed by atoms with Gasteiger partial charge in [0, 0.05) is 25.7 Å². The molecule has 26 nitrogen and oxygen atoms in total. The van der Waals surface area contributed by atoms with E-state index in [1.165, 1.54) is 13.8 Å². The molecule has 4 aliphatic heterocycles. The van der Waals surface area contributed by atoms with Crippen LogP contribution in [0.4, 0.5) is 0 Å². The first kappa shape index (κ1) is 73.8. The molecule has 1 aliphatic carbocycles. The Labute approximate surface area is 511 Å². The zero-order valence-electron chi connectivity index (χ0n) is 52.1. The molecule has 498 valence electrons. The maximum Gasteiger partial charge on any atom is 0.335 e. The van der Waals surface area contributed by atoms with Crippen molar-refractivity contribution in [3.63, 3.8) is 0 Å². The van der Waals surface area contributed by atoms with E-state index in [1.807, 2.05) is 48.5 Å². The van der Waals surface area contributed by atoms with E-state index in [4.69, 9.17) is 37.9 Å². The summed E-state index contributed by atoms with van der Waals surface area (Å²) in [5, 5.41) is 111. The van der Waals surface area contributed by atoms with Gasteiger partial charge in [-0.05, 0) is 75.4 Å². The number of hydrogen-bond acceptors (Lipinski definition) is 22. The van der Waals surface area contributed by atoms with E-state index >= 15 is 0 Å². The molecule has 5 aliphatic rings. The number of carboxylic acids is 1. The number of ether oxygens (including phenoxy) is 8. The monoisotopic (exact) mass is 1250 g/mol. The highest BCUT2D eigenvalue weighted by Gasteiger charge is 2.65. The first-order chi connectivity index (χ1) is 40.6. The molecule has 24 atom stereocenters. The third-order valence-corrected chi connectivity index (χ3v) is 19.1. The molecule has 0 spiro atoms. The zero-order valence-corrected chi connectivity index (χ0v) is 53.0. The highest BCUT2D eigenvalue weighted by atomic mass is 32.1. The standard InChI is InChI=1S/C59H104N4O22S/c1-12-19-25-58(17-6,51-37(61-31(9)67)45(39(70)34(29-65)79-51)81-55-43(74)41(72)47(49(83-55)53(76)77)84-57(11,16-5)27-32-20-21-32)59(18-7,24-14-3)85-46-40(71)42(73)54(82-48(46)52(75)63-62-35(68)22-26-86)80-44-36(60-30(8)66)50(56(10,15-4)23-13-2)78-33(28-64)38(44)69/h32-34,36-51,54-55,64-65,69-74,86H,12-29H2,1-11H3,(H,60,66)(H,61,67)(H,62,68)(H,63,75)(H,76,77). The third-order valence-electron chi connectivity index (χ3n) is 18.9. The number of nitrogens with one attached hydrogen (secondary N) is 4. The van der Waals surface area contributed by atoms with Gasteiger partial charge in [0.15, 0.2) is 24.8 Å². The third kappa shape index (κ3) is 16.6. The zero-order chi connectivity index (χ0) is 64.2. The van der Waals surface area contributed by atoms with E-state index < -0.39 is 187 Å². The summed E-state index contributed by atoms with van der Waals surface area (Å²) in [5.41, 5.74) is -0.0254. The van der Waals surface area contributed by atoms with Crippen LogP contribution in [0.2, 0.25) is 0 Å². The van der Waals surface area contributed by atoms with Gasteiger partial charge in [-0.1, -0.05) is 93.9 Å². The Kier molecular flexibility index (Phi) is 27.8. The molecule has 13 N–H and O–H groups in total. The normalized spacial score (nSPS) is 36.9. The van der Waals surface area contributed by atoms with Crippen molar-refractivity contribution in [1.29, 1.82) is 0 Å². The minimum absolute atomic E-state index is 0.0372. The van der Waals surface area contributed by atoms with E-state index in [1.54, 1.807) is 13.8 Å². The van der Waals surface area contributed by atoms with Gasteiger partial charge < -0.3 is 94.5 Å². The molecule has 4 saturated heterocycles. The van der Waals surface area contributed by atoms with Crippen LogP contribution < -0.4 is 21.5 Å². The Morgan fingerprint density at radius 2 is 1.09 bits per heavy atom. The molecule has 5 fully saturated rings. The van der Waals surface area contributed by atoms with Gasteiger partial charge in [-0.15, -0.1) is 0 Å². The second-order valence-electron chi connectivity index (χ2n) is 24.9. The van der Waals surface area contributed by atoms with Crippen molar-refractivity contribution in [3.05, 3.63) is 0 Å². The van der Waals surface area contributed by atoms with E-state index in [-0.39, 0.29) is 37.9 Å². The first-order valence-electron chi connectivity index (χ1n) is 31.2. The number of unbranched alkanes of at least 4 members (excludes halogenated alkanes) is 1. The average molecular weight is 1250 g/mol. The van der Waals surface area contributed by atoms with E-state index in [0.717, 1.165) is 12.8 Å². The van der Waals surface area contributed by atoms with Crippen molar-refractivity contribution in [2.24, 2.45) is 16.7 Å². The maximum atomic E-state index is 14.8. The molecule has 0 bridgehead atoms. The number of carbonyl (C=O) groups excluding carboxylic acids is 4. The number of hydrazine groups is 1. The van der Waals surface area contributed by atoms with Crippen LogP contribution in [0.15, 0.2) is 0 Å². The van der Waals surface area contributed by atoms with Crippen LogP contribution in [0.1, 0.15) is 172 Å². The predicted octanol–water partition coefficient (Wildman–Crippen LogP) is 0.944. The summed E-state index contributed by atoms with van der Waals surface area (Å²) in [6.45, 7) is 17.8. The lowest BCUT2D eigenvalue weighted by atomic mass is 9.58. The Balaban J connectivity index is 1.65. The van der Waals surface area contributed by atoms with Crippen LogP contribution in [0, 0.1) is 16.7 Å². The second-order valence-corrected chi connectivity index (χ2v) is 25.4. The van der Waals surface area contributed by atoms with Gasteiger partial charge >= 0.3 is 5.97 Å². The summed E-state index contributed by atoms with van der Waals surface area (Å²) in [5.74, 6) is -4.05. The van der Waals surface area contributed by atoms with Crippen LogP contribution >= 0.6 is 12.6 Å². The largest absolute Gasteiger partial charge is 0.479 e. The summed E-state index contributed by atoms with van der Waals surface area (Å²) in [4.78, 5) is 67.3. The van der Waals surface area contributed by atoms with Crippen molar-refractivity contribution < 1.29 is 108 Å². The summed E-state index contributed by atoms with van der Waals surface area (Å²) < 4.78 is 52.2. The van der Waals surface area contributed by atoms with Gasteiger partial charge in [-0.3, -0.25) is 30.0 Å². The highest BCUT2D eigenvalue weighted by molar-refractivity contribution is 7.80. The second kappa shape index (κ2) is 32.4. The fraction of sp³-hybridized carbons (Fsp3) is 0.915. The number of amides is 4. The minimum atomic E-state index is -2.11. The topological polar surface area (TPSA) is 389 Å². The average Bonchev–Trinajstić information content (AvgIpc) is 1.42. The molecular formula is C59H104N4O22S. The smallest absolute Gasteiger partial charge is 0.335 e. The summed E-state index contributed by atoms with van der Waals surface area (Å²) in [7, 11) is 0. The fourth-order valence-electron chi connectivity index (χ4n) is 13.8. The van der Waals surface area contributed by atoms with Crippen molar-refractivity contribution in [1.82, 2.24) is 21.5 Å². The van der Waals surface area contributed by atoms with Gasteiger partial charge in [-0.25, -0.2) is 4.79 Å². The lowest BCUT2D eigenvalue weighted by molar-refractivity contribution is -0.357. The SMILES string of the molecule is CCCCC(CC)(C1OC(CO)C(O)C(OC2OC(C(=O)O)C(OC(C)(CC)CC3CC3)C(O)C2O)C1NC(C)=O)C(CC)(CCC)OC1C(C(=O)NNC(=O)CCS)OC(OC2C(O)C(CO)OC(C(C)(CC)CCC)C2NC(C)=O)C(O)C1O. The van der Waals surface area contributed by atoms with Gasteiger partial charge in [0.2, 0.25) is 17.7 Å². The van der Waals surface area contributed by atoms with Crippen molar-refractivity contribution in [2.75, 3.05) is 19.0 Å². The summed E-state index contributed by atoms with van der Waals surface area (Å²) >= 11 is 4.13. The number of aliphatic carboxylic acids is 1. The molecule has 27 heteroatoms. The van der Waals surface area contributed by atoms with Gasteiger partial charge in [0.05, 0.1) is 48.7 Å². The molecule has 4 amide bonds. The molecule has 5 rings (SSSR count). The van der Waals surface area contributed by atoms with Crippen molar-refractivity contribution in [2.45, 2.75) is 306 Å².